The van der Waals surface area contributed by atoms with Crippen LogP contribution in [0.5, 0.6) is 0 Å². The normalized spacial score (nSPS) is 14.9. The van der Waals surface area contributed by atoms with Gasteiger partial charge in [0, 0.05) is 16.6 Å². The standard InChI is InChI=1S/C26H20BrN3O5/c1-15-8-16(2)10-18(9-15)11-19-7-6-17(13-23(19)27)12-22-24(31)28-26(33)29(25(22)32)20-4-3-5-21(14-20)30(34)35/h3-10,12-14H,11H2,1-2H3,(H,28,31,33)/b22-12+. The fraction of sp³-hybridized carbons (Fsp3) is 0.115. The summed E-state index contributed by atoms with van der Waals surface area (Å²) in [5.41, 5.74) is 4.59. The van der Waals surface area contributed by atoms with Crippen molar-refractivity contribution >= 4 is 51.2 Å². The first-order valence-corrected chi connectivity index (χ1v) is 11.4. The molecule has 1 aliphatic heterocycles. The van der Waals surface area contributed by atoms with Gasteiger partial charge >= 0.3 is 6.03 Å². The van der Waals surface area contributed by atoms with Crippen LogP contribution in [0, 0.1) is 24.0 Å². The number of nitro groups is 1. The molecule has 0 unspecified atom stereocenters. The second-order valence-corrected chi connectivity index (χ2v) is 9.11. The first-order valence-electron chi connectivity index (χ1n) is 10.6. The number of rotatable bonds is 5. The van der Waals surface area contributed by atoms with Gasteiger partial charge in [0.2, 0.25) is 0 Å². The number of carbonyl (C=O) groups is 3. The Labute approximate surface area is 209 Å². The van der Waals surface area contributed by atoms with Crippen LogP contribution in [-0.2, 0) is 16.0 Å². The number of hydrogen-bond acceptors (Lipinski definition) is 5. The van der Waals surface area contributed by atoms with E-state index in [1.165, 1.54) is 41.0 Å². The summed E-state index contributed by atoms with van der Waals surface area (Å²) in [6.07, 6.45) is 2.09. The molecular formula is C26H20BrN3O5. The van der Waals surface area contributed by atoms with Crippen molar-refractivity contribution in [1.29, 1.82) is 0 Å². The van der Waals surface area contributed by atoms with E-state index in [0.717, 1.165) is 16.1 Å². The topological polar surface area (TPSA) is 110 Å². The van der Waals surface area contributed by atoms with Crippen molar-refractivity contribution in [1.82, 2.24) is 5.32 Å². The van der Waals surface area contributed by atoms with Gasteiger partial charge < -0.3 is 0 Å². The fourth-order valence-corrected chi connectivity index (χ4v) is 4.53. The maximum absolute atomic E-state index is 13.1. The van der Waals surface area contributed by atoms with Crippen LogP contribution in [0.4, 0.5) is 16.2 Å². The summed E-state index contributed by atoms with van der Waals surface area (Å²) < 4.78 is 0.807. The number of aryl methyl sites for hydroxylation is 2. The number of non-ortho nitro benzene ring substituents is 1. The molecule has 0 aromatic heterocycles. The van der Waals surface area contributed by atoms with E-state index in [9.17, 15) is 24.5 Å². The van der Waals surface area contributed by atoms with E-state index in [-0.39, 0.29) is 16.9 Å². The van der Waals surface area contributed by atoms with Crippen molar-refractivity contribution in [2.45, 2.75) is 20.3 Å². The van der Waals surface area contributed by atoms with Crippen LogP contribution in [-0.4, -0.2) is 22.8 Å². The van der Waals surface area contributed by atoms with Gasteiger partial charge in [0.25, 0.3) is 17.5 Å². The maximum atomic E-state index is 13.1. The quantitative estimate of drug-likeness (QED) is 0.209. The molecule has 1 aliphatic rings. The van der Waals surface area contributed by atoms with E-state index in [2.05, 4.69) is 53.3 Å². The minimum atomic E-state index is -0.970. The number of nitrogens with zero attached hydrogens (tertiary/aromatic N) is 2. The highest BCUT2D eigenvalue weighted by molar-refractivity contribution is 9.10. The Bertz CT molecular complexity index is 1410. The number of urea groups is 1. The molecule has 4 rings (SSSR count). The molecule has 4 amide bonds. The van der Waals surface area contributed by atoms with Crippen LogP contribution >= 0.6 is 15.9 Å². The van der Waals surface area contributed by atoms with Gasteiger partial charge in [-0.05, 0) is 55.2 Å². The zero-order valence-corrected chi connectivity index (χ0v) is 20.5. The number of anilines is 1. The molecule has 0 saturated carbocycles. The Kier molecular flexibility index (Phi) is 6.61. The Morgan fingerprint density at radius 3 is 2.37 bits per heavy atom. The van der Waals surface area contributed by atoms with Gasteiger partial charge in [-0.2, -0.15) is 0 Å². The second kappa shape index (κ2) is 9.63. The molecule has 9 heteroatoms. The SMILES string of the molecule is Cc1cc(C)cc(Cc2ccc(/C=C3\C(=O)NC(=O)N(c4cccc([N+](=O)[O-])c4)C3=O)cc2Br)c1. The molecular weight excluding hydrogens is 514 g/mol. The Balaban J connectivity index is 1.64. The zero-order chi connectivity index (χ0) is 25.3. The summed E-state index contributed by atoms with van der Waals surface area (Å²) in [4.78, 5) is 49.1. The third kappa shape index (κ3) is 5.20. The lowest BCUT2D eigenvalue weighted by Crippen LogP contribution is -2.54. The minimum absolute atomic E-state index is 0.00919. The first-order chi connectivity index (χ1) is 16.6. The van der Waals surface area contributed by atoms with Crippen LogP contribution in [0.25, 0.3) is 6.08 Å². The molecule has 1 fully saturated rings. The first kappa shape index (κ1) is 24.0. The van der Waals surface area contributed by atoms with E-state index in [0.29, 0.717) is 16.9 Å². The Morgan fingerprint density at radius 2 is 1.71 bits per heavy atom. The highest BCUT2D eigenvalue weighted by atomic mass is 79.9. The summed E-state index contributed by atoms with van der Waals surface area (Å²) in [6, 6.07) is 16.0. The van der Waals surface area contributed by atoms with Crippen LogP contribution in [0.1, 0.15) is 27.8 Å². The number of nitro benzene ring substituents is 1. The van der Waals surface area contributed by atoms with Gasteiger partial charge in [-0.25, -0.2) is 9.69 Å². The molecule has 0 aliphatic carbocycles. The van der Waals surface area contributed by atoms with Crippen LogP contribution < -0.4 is 10.2 Å². The highest BCUT2D eigenvalue weighted by Gasteiger charge is 2.37. The number of barbiturate groups is 1. The maximum Gasteiger partial charge on any atom is 0.335 e. The van der Waals surface area contributed by atoms with Crippen molar-refractivity contribution in [3.8, 4) is 0 Å². The van der Waals surface area contributed by atoms with E-state index in [1.807, 2.05) is 6.07 Å². The van der Waals surface area contributed by atoms with Gasteiger partial charge in [0.15, 0.2) is 0 Å². The van der Waals surface area contributed by atoms with Crippen LogP contribution in [0.2, 0.25) is 0 Å². The molecule has 0 atom stereocenters. The molecule has 0 spiro atoms. The van der Waals surface area contributed by atoms with E-state index < -0.39 is 22.8 Å². The number of hydrogen-bond donors (Lipinski definition) is 1. The number of nitrogens with one attached hydrogen (secondary N) is 1. The predicted molar refractivity (Wildman–Crippen MR) is 135 cm³/mol. The molecule has 3 aromatic rings. The van der Waals surface area contributed by atoms with Gasteiger partial charge in [0.1, 0.15) is 5.57 Å². The molecule has 3 aromatic carbocycles. The average Bonchev–Trinajstić information content (AvgIpc) is 2.78. The molecule has 8 nitrogen and oxygen atoms in total. The molecule has 1 N–H and O–H groups in total. The minimum Gasteiger partial charge on any atom is -0.273 e. The monoisotopic (exact) mass is 533 g/mol. The number of benzene rings is 3. The summed E-state index contributed by atoms with van der Waals surface area (Å²) in [7, 11) is 0. The largest absolute Gasteiger partial charge is 0.335 e. The van der Waals surface area contributed by atoms with E-state index >= 15 is 0 Å². The smallest absolute Gasteiger partial charge is 0.273 e. The second-order valence-electron chi connectivity index (χ2n) is 8.26. The lowest BCUT2D eigenvalue weighted by molar-refractivity contribution is -0.384. The highest BCUT2D eigenvalue weighted by Crippen LogP contribution is 2.27. The lowest BCUT2D eigenvalue weighted by atomic mass is 9.99. The van der Waals surface area contributed by atoms with Gasteiger partial charge in [-0.1, -0.05) is 63.5 Å². The molecule has 176 valence electrons. The number of carbonyl (C=O) groups excluding carboxylic acids is 3. The number of amides is 4. The van der Waals surface area contributed by atoms with Gasteiger partial charge in [-0.3, -0.25) is 25.0 Å². The predicted octanol–water partition coefficient (Wildman–Crippen LogP) is 5.23. The average molecular weight is 534 g/mol. The summed E-state index contributed by atoms with van der Waals surface area (Å²) >= 11 is 3.57. The van der Waals surface area contributed by atoms with Crippen molar-refractivity contribution in [2.75, 3.05) is 4.90 Å². The van der Waals surface area contributed by atoms with E-state index in [4.69, 9.17) is 0 Å². The van der Waals surface area contributed by atoms with Crippen molar-refractivity contribution in [3.05, 3.63) is 109 Å². The van der Waals surface area contributed by atoms with Crippen LogP contribution in [0.3, 0.4) is 0 Å². The van der Waals surface area contributed by atoms with Crippen molar-refractivity contribution < 1.29 is 19.3 Å². The van der Waals surface area contributed by atoms with E-state index in [1.54, 1.807) is 12.1 Å². The lowest BCUT2D eigenvalue weighted by Gasteiger charge is -2.26. The van der Waals surface area contributed by atoms with Crippen LogP contribution in [0.15, 0.2) is 70.7 Å². The summed E-state index contributed by atoms with van der Waals surface area (Å²) in [5.74, 6) is -1.70. The van der Waals surface area contributed by atoms with Gasteiger partial charge in [0.05, 0.1) is 10.6 Å². The zero-order valence-electron chi connectivity index (χ0n) is 18.9. The Morgan fingerprint density at radius 1 is 1.00 bits per heavy atom. The molecule has 0 bridgehead atoms. The Hall–Kier alpha value is -4.11. The molecule has 35 heavy (non-hydrogen) atoms. The van der Waals surface area contributed by atoms with Crippen molar-refractivity contribution in [3.63, 3.8) is 0 Å². The third-order valence-corrected chi connectivity index (χ3v) is 6.20. The number of imide groups is 2. The van der Waals surface area contributed by atoms with Gasteiger partial charge in [-0.15, -0.1) is 0 Å². The van der Waals surface area contributed by atoms with Crippen molar-refractivity contribution in [2.24, 2.45) is 0 Å². The third-order valence-electron chi connectivity index (χ3n) is 5.46. The summed E-state index contributed by atoms with van der Waals surface area (Å²) in [5, 5.41) is 13.2. The fourth-order valence-electron chi connectivity index (χ4n) is 3.99. The summed E-state index contributed by atoms with van der Waals surface area (Å²) in [6.45, 7) is 4.10. The number of halogens is 1. The molecule has 1 saturated heterocycles. The molecule has 0 radical (unpaired) electrons. The molecule has 1 heterocycles.